The molecule has 1 atom stereocenters. The molecule has 3 heterocycles. The Bertz CT molecular complexity index is 1110. The lowest BCUT2D eigenvalue weighted by Crippen LogP contribution is -2.35. The first-order valence-electron chi connectivity index (χ1n) is 10.7. The van der Waals surface area contributed by atoms with Gasteiger partial charge in [-0.2, -0.15) is 4.39 Å². The number of rotatable bonds is 7. The first-order chi connectivity index (χ1) is 15.6. The van der Waals surface area contributed by atoms with E-state index in [-0.39, 0.29) is 24.5 Å². The largest absolute Gasteiger partial charge is 0.488 e. The third kappa shape index (κ3) is 4.25. The molecule has 1 aromatic carbocycles. The minimum absolute atomic E-state index is 0.106. The maximum atomic E-state index is 14.4. The molecular formula is C23H23F2N5O2. The molecule has 0 radical (unpaired) electrons. The van der Waals surface area contributed by atoms with Crippen molar-refractivity contribution in [2.75, 3.05) is 24.7 Å². The first kappa shape index (κ1) is 20.7. The molecule has 1 fully saturated rings. The van der Waals surface area contributed by atoms with Crippen LogP contribution in [-0.2, 0) is 11.2 Å². The van der Waals surface area contributed by atoms with E-state index in [0.29, 0.717) is 36.9 Å². The smallest absolute Gasteiger partial charge is 0.200 e. The Balaban J connectivity index is 1.35. The van der Waals surface area contributed by atoms with Crippen molar-refractivity contribution in [1.29, 1.82) is 0 Å². The van der Waals surface area contributed by atoms with Crippen molar-refractivity contribution in [3.63, 3.8) is 0 Å². The summed E-state index contributed by atoms with van der Waals surface area (Å²) in [6.07, 6.45) is 8.08. The fourth-order valence-corrected chi connectivity index (χ4v) is 3.86. The number of nitrogens with zero attached hydrogens (tertiary/aromatic N) is 5. The highest BCUT2D eigenvalue weighted by molar-refractivity contribution is 5.55. The maximum absolute atomic E-state index is 14.4. The highest BCUT2D eigenvalue weighted by Gasteiger charge is 2.28. The second-order valence-electron chi connectivity index (χ2n) is 7.95. The first-order valence-corrected chi connectivity index (χ1v) is 10.7. The summed E-state index contributed by atoms with van der Waals surface area (Å²) in [5.74, 6) is -1.09. The quantitative estimate of drug-likeness (QED) is 0.517. The van der Waals surface area contributed by atoms with Crippen molar-refractivity contribution in [1.82, 2.24) is 19.9 Å². The fraction of sp³-hybridized carbons (Fsp3) is 0.391. The number of ether oxygens (including phenoxy) is 2. The Labute approximate surface area is 184 Å². The summed E-state index contributed by atoms with van der Waals surface area (Å²) in [6.45, 7) is 3.11. The van der Waals surface area contributed by atoms with Crippen LogP contribution < -0.4 is 9.64 Å². The summed E-state index contributed by atoms with van der Waals surface area (Å²) in [4.78, 5) is 19.5. The van der Waals surface area contributed by atoms with Gasteiger partial charge in [-0.3, -0.25) is 0 Å². The summed E-state index contributed by atoms with van der Waals surface area (Å²) in [5.41, 5.74) is 2.39. The predicted octanol–water partition coefficient (Wildman–Crippen LogP) is 3.89. The zero-order valence-electron chi connectivity index (χ0n) is 17.7. The van der Waals surface area contributed by atoms with Crippen LogP contribution in [-0.4, -0.2) is 45.8 Å². The molecule has 3 aromatic rings. The second-order valence-corrected chi connectivity index (χ2v) is 7.95. The van der Waals surface area contributed by atoms with E-state index < -0.39 is 11.6 Å². The second kappa shape index (κ2) is 8.74. The number of fused-ring (bicyclic) bond motifs is 1. The standard InChI is InChI=1S/C23H23F2N5O2/c1-14-17-13-28-23(22-26-6-2-7-27-22)29-19(17)5-8-30(14)15-11-18(24)21(25)20(12-15)32-10-9-31-16-3-4-16/h2,6-7,11-14,16H,3-5,8-10H2,1H3. The van der Waals surface area contributed by atoms with Gasteiger partial charge in [0.15, 0.2) is 23.2 Å². The van der Waals surface area contributed by atoms with Gasteiger partial charge >= 0.3 is 0 Å². The van der Waals surface area contributed by atoms with E-state index in [1.54, 1.807) is 30.7 Å². The molecule has 0 bridgehead atoms. The normalized spacial score (nSPS) is 17.8. The van der Waals surface area contributed by atoms with E-state index >= 15 is 0 Å². The molecule has 0 spiro atoms. The Morgan fingerprint density at radius 3 is 2.66 bits per heavy atom. The van der Waals surface area contributed by atoms with Crippen molar-refractivity contribution in [3.05, 3.63) is 59.7 Å². The predicted molar refractivity (Wildman–Crippen MR) is 113 cm³/mol. The van der Waals surface area contributed by atoms with E-state index in [1.165, 1.54) is 6.07 Å². The topological polar surface area (TPSA) is 73.3 Å². The lowest BCUT2D eigenvalue weighted by Gasteiger charge is -2.36. The van der Waals surface area contributed by atoms with Crippen molar-refractivity contribution in [3.8, 4) is 17.4 Å². The Kier molecular flexibility index (Phi) is 5.65. The van der Waals surface area contributed by atoms with Crippen LogP contribution in [0.1, 0.15) is 37.1 Å². The molecule has 9 heteroatoms. The van der Waals surface area contributed by atoms with Crippen LogP contribution in [0.15, 0.2) is 36.8 Å². The minimum atomic E-state index is -0.985. The average Bonchev–Trinajstić information content (AvgIpc) is 3.64. The number of benzene rings is 1. The van der Waals surface area contributed by atoms with Crippen LogP contribution in [0.4, 0.5) is 14.5 Å². The van der Waals surface area contributed by atoms with Gasteiger partial charge in [0.25, 0.3) is 0 Å². The van der Waals surface area contributed by atoms with E-state index in [1.807, 2.05) is 11.8 Å². The van der Waals surface area contributed by atoms with Crippen molar-refractivity contribution < 1.29 is 18.3 Å². The molecule has 1 unspecified atom stereocenters. The molecule has 32 heavy (non-hydrogen) atoms. The van der Waals surface area contributed by atoms with E-state index in [0.717, 1.165) is 24.1 Å². The van der Waals surface area contributed by atoms with Gasteiger partial charge in [0.05, 0.1) is 24.4 Å². The van der Waals surface area contributed by atoms with Crippen molar-refractivity contribution >= 4 is 5.69 Å². The number of hydrogen-bond donors (Lipinski definition) is 0. The summed E-state index contributed by atoms with van der Waals surface area (Å²) < 4.78 is 39.7. The van der Waals surface area contributed by atoms with Gasteiger partial charge in [0, 0.05) is 54.9 Å². The maximum Gasteiger partial charge on any atom is 0.200 e. The molecule has 2 aromatic heterocycles. The molecular weight excluding hydrogens is 416 g/mol. The zero-order valence-corrected chi connectivity index (χ0v) is 17.7. The zero-order chi connectivity index (χ0) is 22.1. The number of anilines is 1. The third-order valence-corrected chi connectivity index (χ3v) is 5.70. The SMILES string of the molecule is CC1c2cnc(-c3ncccn3)nc2CCN1c1cc(F)c(F)c(OCCOC2CC2)c1. The highest BCUT2D eigenvalue weighted by Crippen LogP contribution is 2.36. The molecule has 1 saturated carbocycles. The van der Waals surface area contributed by atoms with Crippen LogP contribution in [0.25, 0.3) is 11.6 Å². The van der Waals surface area contributed by atoms with Gasteiger partial charge in [-0.25, -0.2) is 24.3 Å². The lowest BCUT2D eigenvalue weighted by atomic mass is 9.98. The molecule has 1 aliphatic carbocycles. The third-order valence-electron chi connectivity index (χ3n) is 5.70. The number of hydrogen-bond acceptors (Lipinski definition) is 7. The molecule has 7 nitrogen and oxygen atoms in total. The van der Waals surface area contributed by atoms with Gasteiger partial charge in [-0.15, -0.1) is 0 Å². The van der Waals surface area contributed by atoms with Gasteiger partial charge < -0.3 is 14.4 Å². The van der Waals surface area contributed by atoms with Gasteiger partial charge in [0.2, 0.25) is 5.82 Å². The Morgan fingerprint density at radius 2 is 1.88 bits per heavy atom. The van der Waals surface area contributed by atoms with Gasteiger partial charge in [-0.1, -0.05) is 0 Å². The highest BCUT2D eigenvalue weighted by atomic mass is 19.2. The lowest BCUT2D eigenvalue weighted by molar-refractivity contribution is 0.0866. The van der Waals surface area contributed by atoms with Crippen molar-refractivity contribution in [2.45, 2.75) is 38.3 Å². The van der Waals surface area contributed by atoms with Crippen LogP contribution >= 0.6 is 0 Å². The Hall–Kier alpha value is -3.20. The van der Waals surface area contributed by atoms with Crippen LogP contribution in [0.2, 0.25) is 0 Å². The Morgan fingerprint density at radius 1 is 1.06 bits per heavy atom. The number of halogens is 2. The summed E-state index contributed by atoms with van der Waals surface area (Å²) >= 11 is 0. The van der Waals surface area contributed by atoms with Crippen LogP contribution in [0, 0.1) is 11.6 Å². The van der Waals surface area contributed by atoms with Crippen molar-refractivity contribution in [2.24, 2.45) is 0 Å². The molecule has 5 rings (SSSR count). The van der Waals surface area contributed by atoms with Gasteiger partial charge in [0.1, 0.15) is 6.61 Å². The fourth-order valence-electron chi connectivity index (χ4n) is 3.86. The molecule has 2 aliphatic rings. The van der Waals surface area contributed by atoms with Crippen LogP contribution in [0.3, 0.4) is 0 Å². The van der Waals surface area contributed by atoms with E-state index in [4.69, 9.17) is 9.47 Å². The summed E-state index contributed by atoms with van der Waals surface area (Å²) in [6, 6.07) is 4.36. The van der Waals surface area contributed by atoms with E-state index in [9.17, 15) is 8.78 Å². The molecule has 0 saturated heterocycles. The minimum Gasteiger partial charge on any atom is -0.488 e. The van der Waals surface area contributed by atoms with E-state index in [2.05, 4.69) is 19.9 Å². The number of aromatic nitrogens is 4. The summed E-state index contributed by atoms with van der Waals surface area (Å²) in [7, 11) is 0. The molecule has 166 valence electrons. The molecule has 1 aliphatic heterocycles. The van der Waals surface area contributed by atoms with Gasteiger partial charge in [-0.05, 0) is 25.8 Å². The molecule has 0 N–H and O–H groups in total. The monoisotopic (exact) mass is 439 g/mol. The average molecular weight is 439 g/mol. The molecule has 0 amide bonds. The van der Waals surface area contributed by atoms with Crippen LogP contribution in [0.5, 0.6) is 5.75 Å². The summed E-state index contributed by atoms with van der Waals surface area (Å²) in [5, 5.41) is 0.